The molecule has 23 heavy (non-hydrogen) atoms. The van der Waals surface area contributed by atoms with Crippen LogP contribution in [0.5, 0.6) is 0 Å². The van der Waals surface area contributed by atoms with Crippen molar-refractivity contribution in [2.24, 2.45) is 5.73 Å². The Morgan fingerprint density at radius 1 is 1.17 bits per heavy atom. The van der Waals surface area contributed by atoms with E-state index in [1.807, 2.05) is 0 Å². The minimum atomic E-state index is -0.281. The third-order valence-corrected chi connectivity index (χ3v) is 2.67. The standard InChI is InChI=1S/C14H21N4O4.Fm/c15-3-5-21-7-8-22-6-4-17-14(20)11-1-2-12(16)13(9-11)18-10-19;/h1-2,9H,3-8,15-16H2,(H,17,20)(H,18,19);/q-1;. The van der Waals surface area contributed by atoms with Crippen molar-refractivity contribution < 1.29 is 19.1 Å². The summed E-state index contributed by atoms with van der Waals surface area (Å²) in [5.74, 6) is -0.281. The van der Waals surface area contributed by atoms with E-state index >= 15 is 0 Å². The SMILES string of the molecule is NCCOCCOCCNC(=O)c1ccc(N)c(N[C-]=O)c1.[Fm]. The van der Waals surface area contributed by atoms with Crippen molar-refractivity contribution in [2.75, 3.05) is 50.6 Å². The Morgan fingerprint density at radius 2 is 1.87 bits per heavy atom. The number of amides is 2. The van der Waals surface area contributed by atoms with Gasteiger partial charge in [-0.3, -0.25) is 4.79 Å². The molecule has 0 atom stereocenters. The fraction of sp³-hybridized carbons (Fsp3) is 0.429. The molecule has 0 unspecified atom stereocenters. The molecular formula is C14H21FmN4O4-. The summed E-state index contributed by atoms with van der Waals surface area (Å²) in [4.78, 5) is 22.2. The third-order valence-electron chi connectivity index (χ3n) is 2.67. The number of nitrogen functional groups attached to an aromatic ring is 1. The third kappa shape index (κ3) is 7.42. The molecule has 0 bridgehead atoms. The Hall–Kier alpha value is -3.16. The summed E-state index contributed by atoms with van der Waals surface area (Å²) in [7, 11) is 0. The van der Waals surface area contributed by atoms with Crippen LogP contribution in [-0.4, -0.2) is 51.8 Å². The van der Waals surface area contributed by atoms with E-state index in [4.69, 9.17) is 20.9 Å². The van der Waals surface area contributed by atoms with Gasteiger partial charge >= 0.3 is 0 Å². The normalized spacial score (nSPS) is 9.78. The van der Waals surface area contributed by atoms with Gasteiger partial charge in [0.2, 0.25) is 5.91 Å². The number of hydrogen-bond donors (Lipinski definition) is 4. The van der Waals surface area contributed by atoms with Gasteiger partial charge in [-0.25, -0.2) is 0 Å². The van der Waals surface area contributed by atoms with Crippen LogP contribution in [0, 0.1) is 0 Å². The quantitative estimate of drug-likeness (QED) is 0.124. The van der Waals surface area contributed by atoms with Gasteiger partial charge in [0.1, 0.15) is 0 Å². The number of hydrogen-bond acceptors (Lipinski definition) is 6. The average Bonchev–Trinajstić information content (AvgIpc) is 2.52. The first-order valence-corrected chi connectivity index (χ1v) is 6.85. The molecule has 2 amide bonds. The Balaban J connectivity index is 0.00000484. The molecule has 9 heteroatoms. The second-order valence-electron chi connectivity index (χ2n) is 4.30. The van der Waals surface area contributed by atoms with Crippen LogP contribution in [0.1, 0.15) is 10.4 Å². The molecule has 0 heterocycles. The first-order chi connectivity index (χ1) is 10.7. The second-order valence-corrected chi connectivity index (χ2v) is 4.30. The Labute approximate surface area is 129 Å². The number of rotatable bonds is 11. The molecule has 0 saturated heterocycles. The summed E-state index contributed by atoms with van der Waals surface area (Å²) >= 11 is 0. The van der Waals surface area contributed by atoms with Crippen LogP contribution in [0.15, 0.2) is 18.2 Å². The van der Waals surface area contributed by atoms with E-state index in [0.29, 0.717) is 56.5 Å². The minimum Gasteiger partial charge on any atom is -0.489 e. The first-order valence-electron chi connectivity index (χ1n) is 6.85. The van der Waals surface area contributed by atoms with Gasteiger partial charge in [0, 0.05) is 18.7 Å². The van der Waals surface area contributed by atoms with E-state index < -0.39 is 0 Å². The van der Waals surface area contributed by atoms with Gasteiger partial charge < -0.3 is 36.4 Å². The second kappa shape index (κ2) is 11.5. The van der Waals surface area contributed by atoms with Gasteiger partial charge in [0.05, 0.1) is 32.8 Å². The van der Waals surface area contributed by atoms with Gasteiger partial charge in [-0.05, 0) is 5.69 Å². The fourth-order valence-corrected chi connectivity index (χ4v) is 1.60. The van der Waals surface area contributed by atoms with Crippen molar-refractivity contribution in [1.82, 2.24) is 5.32 Å². The van der Waals surface area contributed by atoms with Gasteiger partial charge in [0.15, 0.2) is 0 Å². The summed E-state index contributed by atoms with van der Waals surface area (Å²) in [6.07, 6.45) is 1.52. The van der Waals surface area contributed by atoms with Crippen LogP contribution in [-0.2, 0) is 14.3 Å². The van der Waals surface area contributed by atoms with Gasteiger partial charge in [0.25, 0.3) is 0 Å². The topological polar surface area (TPSA) is 129 Å². The number of ether oxygens (including phenoxy) is 2. The van der Waals surface area contributed by atoms with Crippen molar-refractivity contribution in [1.29, 1.82) is 0 Å². The van der Waals surface area contributed by atoms with Crippen molar-refractivity contribution >= 4 is 23.7 Å². The number of carbonyl (C=O) groups is 1. The number of benzene rings is 1. The van der Waals surface area contributed by atoms with E-state index in [1.54, 1.807) is 12.1 Å². The predicted octanol–water partition coefficient (Wildman–Crippen LogP) is -0.530. The molecule has 1 aromatic carbocycles. The Bertz CT molecular complexity index is 488. The molecule has 8 nitrogen and oxygen atoms in total. The molecule has 0 saturated carbocycles. The molecule has 0 aliphatic heterocycles. The minimum absolute atomic E-state index is 0. The van der Waals surface area contributed by atoms with Crippen LogP contribution in [0.2, 0.25) is 0 Å². The number of nitrogens with two attached hydrogens (primary N) is 2. The van der Waals surface area contributed by atoms with E-state index in [1.165, 1.54) is 12.5 Å². The van der Waals surface area contributed by atoms with Gasteiger partial charge in [-0.15, -0.1) is 6.07 Å². The maximum atomic E-state index is 11.9. The van der Waals surface area contributed by atoms with Gasteiger partial charge in [-0.1, -0.05) is 17.8 Å². The zero-order valence-electron chi connectivity index (χ0n) is 12.6. The summed E-state index contributed by atoms with van der Waals surface area (Å²) in [6.45, 7) is 2.64. The Kier molecular flexibility index (Phi) is 9.91. The van der Waals surface area contributed by atoms with Crippen LogP contribution >= 0.6 is 0 Å². The van der Waals surface area contributed by atoms with E-state index in [-0.39, 0.29) is 5.91 Å². The molecular weight excluding hydrogens is 545 g/mol. The van der Waals surface area contributed by atoms with E-state index in [9.17, 15) is 9.59 Å². The molecule has 0 aromatic heterocycles. The largest absolute Gasteiger partial charge is 0.489 e. The molecule has 0 spiro atoms. The van der Waals surface area contributed by atoms with Gasteiger partial charge in [-0.2, -0.15) is 0 Å². The van der Waals surface area contributed by atoms with Crippen LogP contribution in [0.25, 0.3) is 0 Å². The van der Waals surface area contributed by atoms with Crippen LogP contribution in [0.4, 0.5) is 11.4 Å². The Morgan fingerprint density at radius 3 is 2.52 bits per heavy atom. The molecule has 6 N–H and O–H groups in total. The van der Waals surface area contributed by atoms with Crippen molar-refractivity contribution in [3.8, 4) is 0 Å². The zero-order valence-corrected chi connectivity index (χ0v) is 15.0. The summed E-state index contributed by atoms with van der Waals surface area (Å²) in [6, 6.07) is 4.60. The fourth-order valence-electron chi connectivity index (χ4n) is 1.60. The molecule has 134 valence electrons. The smallest absolute Gasteiger partial charge is 0.249 e. The van der Waals surface area contributed by atoms with E-state index in [0.717, 1.165) is 0 Å². The van der Waals surface area contributed by atoms with Crippen molar-refractivity contribution in [3.05, 3.63) is 23.8 Å². The summed E-state index contributed by atoms with van der Waals surface area (Å²) in [5, 5.41) is 5.01. The molecule has 0 radical (unpaired) electrons. The van der Waals surface area contributed by atoms with E-state index in [2.05, 4.69) is 10.6 Å². The molecule has 1 aromatic rings. The average molecular weight is 566 g/mol. The summed E-state index contributed by atoms with van der Waals surface area (Å²) < 4.78 is 10.4. The molecule has 0 fully saturated rings. The molecule has 0 aliphatic carbocycles. The number of nitrogens with one attached hydrogen (secondary N) is 2. The predicted molar refractivity (Wildman–Crippen MR) is 83.2 cm³/mol. The molecule has 0 aliphatic rings. The van der Waals surface area contributed by atoms with Crippen molar-refractivity contribution in [2.45, 2.75) is 0 Å². The molecule has 1 rings (SSSR count). The van der Waals surface area contributed by atoms with Crippen LogP contribution in [0.3, 0.4) is 0 Å². The summed E-state index contributed by atoms with van der Waals surface area (Å²) in [5.41, 5.74) is 12.0. The van der Waals surface area contributed by atoms with Crippen LogP contribution < -0.4 is 22.1 Å². The number of carbonyl (C=O) groups excluding carboxylic acids is 2. The maximum absolute atomic E-state index is 11.9. The zero-order chi connectivity index (χ0) is 16.2. The van der Waals surface area contributed by atoms with Crippen molar-refractivity contribution in [3.63, 3.8) is 0 Å². The number of anilines is 2. The monoisotopic (exact) mass is 566 g/mol. The maximum Gasteiger partial charge on any atom is 0.249 e. The first kappa shape index (κ1) is 19.8.